The van der Waals surface area contributed by atoms with Crippen LogP contribution >= 0.6 is 23.2 Å². The van der Waals surface area contributed by atoms with Crippen molar-refractivity contribution in [2.45, 2.75) is 37.5 Å². The zero-order chi connectivity index (χ0) is 12.7. The minimum absolute atomic E-state index is 0.301. The first-order valence-corrected chi connectivity index (χ1v) is 7.22. The molecule has 4 atom stereocenters. The van der Waals surface area contributed by atoms with Crippen LogP contribution in [0.1, 0.15) is 30.9 Å². The van der Waals surface area contributed by atoms with Crippen LogP contribution in [0.4, 0.5) is 0 Å². The van der Waals surface area contributed by atoms with Gasteiger partial charge >= 0.3 is 0 Å². The Bertz CT molecular complexity index is 451. The minimum atomic E-state index is 0.301. The standard InChI is InChI=1S/C14H17Cl2NO/c1-17-14(8-2-4-11(15)12(16)6-8)10-7-9-3-5-13(10)18-9/h2,4,6,9-10,13-14,17H,3,5,7H2,1H3. The molecule has 18 heavy (non-hydrogen) atoms. The highest BCUT2D eigenvalue weighted by atomic mass is 35.5. The summed E-state index contributed by atoms with van der Waals surface area (Å²) < 4.78 is 5.94. The molecule has 0 aliphatic carbocycles. The van der Waals surface area contributed by atoms with Gasteiger partial charge in [-0.25, -0.2) is 0 Å². The van der Waals surface area contributed by atoms with Crippen LogP contribution in [0.2, 0.25) is 10.0 Å². The van der Waals surface area contributed by atoms with E-state index in [0.717, 1.165) is 6.42 Å². The van der Waals surface area contributed by atoms with E-state index in [1.165, 1.54) is 18.4 Å². The summed E-state index contributed by atoms with van der Waals surface area (Å²) in [7, 11) is 2.00. The van der Waals surface area contributed by atoms with Gasteiger partial charge in [-0.3, -0.25) is 0 Å². The number of fused-ring (bicyclic) bond motifs is 2. The average molecular weight is 286 g/mol. The van der Waals surface area contributed by atoms with Gasteiger partial charge in [0.25, 0.3) is 0 Å². The summed E-state index contributed by atoms with van der Waals surface area (Å²) in [5.74, 6) is 0.547. The van der Waals surface area contributed by atoms with Crippen molar-refractivity contribution in [3.8, 4) is 0 Å². The first-order valence-electron chi connectivity index (χ1n) is 6.46. The van der Waals surface area contributed by atoms with Crippen LogP contribution in [0.25, 0.3) is 0 Å². The summed E-state index contributed by atoms with van der Waals surface area (Å²) in [5.41, 5.74) is 1.20. The fourth-order valence-corrected chi connectivity index (χ4v) is 3.67. The van der Waals surface area contributed by atoms with Crippen LogP contribution in [-0.2, 0) is 4.74 Å². The molecule has 0 saturated carbocycles. The number of ether oxygens (including phenoxy) is 1. The summed E-state index contributed by atoms with van der Waals surface area (Å²) in [6.07, 6.45) is 4.44. The summed E-state index contributed by atoms with van der Waals surface area (Å²) in [6, 6.07) is 6.20. The van der Waals surface area contributed by atoms with Gasteiger partial charge in [-0.2, -0.15) is 0 Å². The van der Waals surface area contributed by atoms with Gasteiger partial charge in [0.05, 0.1) is 22.3 Å². The Labute approximate surface area is 118 Å². The van der Waals surface area contributed by atoms with Gasteiger partial charge in [-0.15, -0.1) is 0 Å². The molecule has 0 spiro atoms. The highest BCUT2D eigenvalue weighted by Crippen LogP contribution is 2.45. The highest BCUT2D eigenvalue weighted by molar-refractivity contribution is 6.42. The van der Waals surface area contributed by atoms with E-state index in [1.807, 2.05) is 19.2 Å². The number of rotatable bonds is 3. The van der Waals surface area contributed by atoms with Crippen molar-refractivity contribution in [3.63, 3.8) is 0 Å². The van der Waals surface area contributed by atoms with Gasteiger partial charge in [-0.05, 0) is 44.0 Å². The van der Waals surface area contributed by atoms with Crippen LogP contribution in [0, 0.1) is 5.92 Å². The lowest BCUT2D eigenvalue weighted by molar-refractivity contribution is 0.0863. The second-order valence-corrected chi connectivity index (χ2v) is 6.03. The molecule has 2 heterocycles. The Morgan fingerprint density at radius 3 is 2.67 bits per heavy atom. The van der Waals surface area contributed by atoms with Crippen molar-refractivity contribution in [3.05, 3.63) is 33.8 Å². The molecular formula is C14H17Cl2NO. The molecule has 2 saturated heterocycles. The maximum atomic E-state index is 6.11. The molecule has 98 valence electrons. The monoisotopic (exact) mass is 285 g/mol. The average Bonchev–Trinajstić information content (AvgIpc) is 2.97. The number of hydrogen-bond donors (Lipinski definition) is 1. The second-order valence-electron chi connectivity index (χ2n) is 5.21. The fourth-order valence-electron chi connectivity index (χ4n) is 3.36. The Balaban J connectivity index is 1.85. The van der Waals surface area contributed by atoms with Gasteiger partial charge in [-0.1, -0.05) is 29.3 Å². The van der Waals surface area contributed by atoms with Crippen molar-refractivity contribution in [2.75, 3.05) is 7.05 Å². The number of halogens is 2. The maximum Gasteiger partial charge on any atom is 0.0627 e. The summed E-state index contributed by atoms with van der Waals surface area (Å²) in [5, 5.41) is 4.64. The minimum Gasteiger partial charge on any atom is -0.375 e. The molecule has 2 aliphatic heterocycles. The van der Waals surface area contributed by atoms with Crippen molar-refractivity contribution in [1.82, 2.24) is 5.32 Å². The third-order valence-electron chi connectivity index (χ3n) is 4.19. The van der Waals surface area contributed by atoms with E-state index in [1.54, 1.807) is 0 Å². The Morgan fingerprint density at radius 2 is 2.11 bits per heavy atom. The van der Waals surface area contributed by atoms with Crippen molar-refractivity contribution >= 4 is 23.2 Å². The lowest BCUT2D eigenvalue weighted by atomic mass is 9.81. The third kappa shape index (κ3) is 2.16. The van der Waals surface area contributed by atoms with Gasteiger partial charge in [0.1, 0.15) is 0 Å². The molecule has 2 bridgehead atoms. The van der Waals surface area contributed by atoms with Gasteiger partial charge in [0.15, 0.2) is 0 Å². The number of hydrogen-bond acceptors (Lipinski definition) is 2. The first-order chi connectivity index (χ1) is 8.69. The number of nitrogens with one attached hydrogen (secondary N) is 1. The van der Waals surface area contributed by atoms with Gasteiger partial charge < -0.3 is 10.1 Å². The molecule has 2 fully saturated rings. The molecule has 0 aromatic heterocycles. The normalized spacial score (nSPS) is 31.8. The lowest BCUT2D eigenvalue weighted by Crippen LogP contribution is -2.31. The van der Waals surface area contributed by atoms with Crippen molar-refractivity contribution in [1.29, 1.82) is 0 Å². The van der Waals surface area contributed by atoms with Crippen LogP contribution in [0.15, 0.2) is 18.2 Å². The third-order valence-corrected chi connectivity index (χ3v) is 4.93. The largest absolute Gasteiger partial charge is 0.375 e. The molecule has 1 aromatic carbocycles. The topological polar surface area (TPSA) is 21.3 Å². The molecular weight excluding hydrogens is 269 g/mol. The van der Waals surface area contributed by atoms with Gasteiger partial charge in [0.2, 0.25) is 0 Å². The van der Waals surface area contributed by atoms with Crippen molar-refractivity contribution in [2.24, 2.45) is 5.92 Å². The van der Waals surface area contributed by atoms with Crippen LogP contribution < -0.4 is 5.32 Å². The predicted octanol–water partition coefficient (Wildman–Crippen LogP) is 3.82. The molecule has 3 rings (SSSR count). The van der Waals surface area contributed by atoms with E-state index in [-0.39, 0.29) is 0 Å². The van der Waals surface area contributed by atoms with E-state index >= 15 is 0 Å². The van der Waals surface area contributed by atoms with Gasteiger partial charge in [0, 0.05) is 12.0 Å². The molecule has 0 amide bonds. The Morgan fingerprint density at radius 1 is 1.28 bits per heavy atom. The fraction of sp³-hybridized carbons (Fsp3) is 0.571. The maximum absolute atomic E-state index is 6.11. The van der Waals surface area contributed by atoms with Crippen LogP contribution in [-0.4, -0.2) is 19.3 Å². The highest BCUT2D eigenvalue weighted by Gasteiger charge is 2.44. The second kappa shape index (κ2) is 5.01. The summed E-state index contributed by atoms with van der Waals surface area (Å²) in [6.45, 7) is 0. The van der Waals surface area contributed by atoms with E-state index < -0.39 is 0 Å². The molecule has 1 aromatic rings. The smallest absolute Gasteiger partial charge is 0.0627 e. The zero-order valence-electron chi connectivity index (χ0n) is 10.3. The summed E-state index contributed by atoms with van der Waals surface area (Å²) in [4.78, 5) is 0. The Hall–Kier alpha value is -0.280. The Kier molecular flexibility index (Phi) is 3.55. The molecule has 2 aliphatic rings. The SMILES string of the molecule is CNC(c1ccc(Cl)c(Cl)c1)C1CC2CCC1O2. The molecule has 4 heteroatoms. The number of benzene rings is 1. The molecule has 4 unspecified atom stereocenters. The van der Waals surface area contributed by atoms with E-state index in [4.69, 9.17) is 27.9 Å². The lowest BCUT2D eigenvalue weighted by Gasteiger charge is -2.28. The molecule has 2 nitrogen and oxygen atoms in total. The molecule has 0 radical (unpaired) electrons. The van der Waals surface area contributed by atoms with E-state index in [0.29, 0.717) is 34.2 Å². The van der Waals surface area contributed by atoms with Crippen molar-refractivity contribution < 1.29 is 4.74 Å². The predicted molar refractivity (Wildman–Crippen MR) is 74.3 cm³/mol. The molecule has 1 N–H and O–H groups in total. The summed E-state index contributed by atoms with van der Waals surface area (Å²) >= 11 is 12.1. The quantitative estimate of drug-likeness (QED) is 0.912. The zero-order valence-corrected chi connectivity index (χ0v) is 11.8. The van der Waals surface area contributed by atoms with Crippen LogP contribution in [0.5, 0.6) is 0 Å². The van der Waals surface area contributed by atoms with Crippen LogP contribution in [0.3, 0.4) is 0 Å². The first kappa shape index (κ1) is 12.7. The van der Waals surface area contributed by atoms with E-state index in [9.17, 15) is 0 Å². The van der Waals surface area contributed by atoms with E-state index in [2.05, 4.69) is 11.4 Å².